The molecule has 2 heterocycles. The predicted molar refractivity (Wildman–Crippen MR) is 76.3 cm³/mol. The van der Waals surface area contributed by atoms with E-state index in [1.54, 1.807) is 12.1 Å². The van der Waals surface area contributed by atoms with Crippen LogP contribution in [0, 0.1) is 5.75 Å². The third kappa shape index (κ3) is 2.82. The molecule has 0 bridgehead atoms. The number of hydrogen-bond donors (Lipinski definition) is 0. The summed E-state index contributed by atoms with van der Waals surface area (Å²) in [7, 11) is -3.34. The van der Waals surface area contributed by atoms with E-state index in [1.807, 2.05) is 12.1 Å². The van der Waals surface area contributed by atoms with Crippen LogP contribution < -0.4 is 4.90 Å². The number of ether oxygens (including phenoxy) is 1. The summed E-state index contributed by atoms with van der Waals surface area (Å²) in [5, 5.41) is 0. The molecule has 0 aromatic heterocycles. The number of sulfone groups is 1. The van der Waals surface area contributed by atoms with Crippen molar-refractivity contribution in [3.63, 3.8) is 0 Å². The number of benzene rings is 1. The number of para-hydroxylation sites is 1. The first-order chi connectivity index (χ1) is 9.67. The largest absolute Gasteiger partial charge is 0.379 e. The number of hydrogen-bond acceptors (Lipinski definition) is 5. The van der Waals surface area contributed by atoms with Crippen LogP contribution in [0.5, 0.6) is 0 Å². The van der Waals surface area contributed by atoms with E-state index >= 15 is 0 Å². The maximum atomic E-state index is 12.0. The van der Waals surface area contributed by atoms with Crippen LogP contribution >= 0.6 is 0 Å². The van der Waals surface area contributed by atoms with Crippen LogP contribution in [-0.4, -0.2) is 59.3 Å². The number of anilines is 1. The Bertz CT molecular complexity index is 568. The molecule has 0 aliphatic carbocycles. The lowest BCUT2D eigenvalue weighted by atomic mass is 10.2. The van der Waals surface area contributed by atoms with Crippen LogP contribution in [0.4, 0.5) is 5.69 Å². The van der Waals surface area contributed by atoms with E-state index < -0.39 is 9.84 Å². The van der Waals surface area contributed by atoms with Gasteiger partial charge in [-0.2, -0.15) is 0 Å². The summed E-state index contributed by atoms with van der Waals surface area (Å²) in [5.41, 5.74) is 0.791. The molecule has 1 aromatic rings. The van der Waals surface area contributed by atoms with Crippen LogP contribution in [0.3, 0.4) is 0 Å². The third-order valence-electron chi connectivity index (χ3n) is 3.73. The molecule has 20 heavy (non-hydrogen) atoms. The SMILES string of the molecule is O=S1(=O)[C]CN(CCN2CCOCC2)c2ccccc21. The summed E-state index contributed by atoms with van der Waals surface area (Å²) in [6.07, 6.45) is 0. The van der Waals surface area contributed by atoms with Crippen molar-refractivity contribution in [1.82, 2.24) is 4.90 Å². The summed E-state index contributed by atoms with van der Waals surface area (Å²) in [6, 6.07) is 7.15. The maximum Gasteiger partial charge on any atom is 0.191 e. The first-order valence-corrected chi connectivity index (χ1v) is 8.29. The zero-order valence-corrected chi connectivity index (χ0v) is 12.1. The monoisotopic (exact) mass is 294 g/mol. The van der Waals surface area contributed by atoms with Crippen molar-refractivity contribution in [2.24, 2.45) is 0 Å². The highest BCUT2D eigenvalue weighted by molar-refractivity contribution is 7.93. The summed E-state index contributed by atoms with van der Waals surface area (Å²) in [5.74, 6) is 2.61. The number of rotatable bonds is 3. The molecule has 1 aromatic carbocycles. The first kappa shape index (κ1) is 13.9. The van der Waals surface area contributed by atoms with Gasteiger partial charge in [0, 0.05) is 32.7 Å². The van der Waals surface area contributed by atoms with Crippen molar-refractivity contribution in [2.45, 2.75) is 4.90 Å². The van der Waals surface area contributed by atoms with Gasteiger partial charge in [-0.25, -0.2) is 8.42 Å². The van der Waals surface area contributed by atoms with Gasteiger partial charge in [0.2, 0.25) is 0 Å². The zero-order valence-electron chi connectivity index (χ0n) is 11.3. The van der Waals surface area contributed by atoms with Crippen LogP contribution in [0.1, 0.15) is 0 Å². The first-order valence-electron chi connectivity index (χ1n) is 6.80. The molecule has 1 saturated heterocycles. The maximum absolute atomic E-state index is 12.0. The molecule has 0 spiro atoms. The number of nitrogens with zero attached hydrogens (tertiary/aromatic N) is 2. The van der Waals surface area contributed by atoms with Gasteiger partial charge in [0.05, 0.1) is 23.8 Å². The van der Waals surface area contributed by atoms with Crippen LogP contribution in [0.2, 0.25) is 0 Å². The van der Waals surface area contributed by atoms with Gasteiger partial charge >= 0.3 is 0 Å². The van der Waals surface area contributed by atoms with E-state index in [9.17, 15) is 8.42 Å². The van der Waals surface area contributed by atoms with Crippen molar-refractivity contribution in [1.29, 1.82) is 0 Å². The average molecular weight is 294 g/mol. The molecular formula is C14H18N2O3S. The Labute approximate surface area is 120 Å². The highest BCUT2D eigenvalue weighted by atomic mass is 32.2. The fourth-order valence-corrected chi connectivity index (χ4v) is 3.77. The second-order valence-electron chi connectivity index (χ2n) is 4.99. The Hall–Kier alpha value is -1.11. The van der Waals surface area contributed by atoms with E-state index in [2.05, 4.69) is 15.6 Å². The van der Waals surface area contributed by atoms with Gasteiger partial charge in [0.25, 0.3) is 0 Å². The van der Waals surface area contributed by atoms with E-state index in [-0.39, 0.29) is 0 Å². The fraction of sp³-hybridized carbons (Fsp3) is 0.500. The van der Waals surface area contributed by atoms with Gasteiger partial charge in [-0.05, 0) is 12.1 Å². The standard InChI is InChI=1S/C14H18N2O3S/c17-20(18)12-9-16(13-3-1-2-4-14(13)20)6-5-15-7-10-19-11-8-15/h1-4H,5-11H2. The summed E-state index contributed by atoms with van der Waals surface area (Å²) in [4.78, 5) is 4.79. The molecule has 108 valence electrons. The molecule has 5 nitrogen and oxygen atoms in total. The molecule has 2 radical (unpaired) electrons. The Morgan fingerprint density at radius 1 is 1.15 bits per heavy atom. The average Bonchev–Trinajstić information content (AvgIpc) is 2.48. The Balaban J connectivity index is 1.71. The van der Waals surface area contributed by atoms with Crippen LogP contribution in [0.15, 0.2) is 29.2 Å². The van der Waals surface area contributed by atoms with E-state index in [0.29, 0.717) is 11.4 Å². The molecular weight excluding hydrogens is 276 g/mol. The molecule has 0 saturated carbocycles. The second kappa shape index (κ2) is 5.71. The van der Waals surface area contributed by atoms with Crippen molar-refractivity contribution in [3.05, 3.63) is 30.0 Å². The topological polar surface area (TPSA) is 49.9 Å². The number of fused-ring (bicyclic) bond motifs is 1. The molecule has 0 N–H and O–H groups in total. The molecule has 1 fully saturated rings. The fourth-order valence-electron chi connectivity index (χ4n) is 2.56. The molecule has 0 atom stereocenters. The van der Waals surface area contributed by atoms with E-state index in [4.69, 9.17) is 4.74 Å². The number of morpholine rings is 1. The Morgan fingerprint density at radius 2 is 1.90 bits per heavy atom. The zero-order chi connectivity index (χ0) is 14.0. The summed E-state index contributed by atoms with van der Waals surface area (Å²) < 4.78 is 29.2. The normalized spacial score (nSPS) is 22.5. The smallest absolute Gasteiger partial charge is 0.191 e. The Kier molecular flexibility index (Phi) is 3.96. The quantitative estimate of drug-likeness (QED) is 0.819. The van der Waals surface area contributed by atoms with Gasteiger partial charge in [-0.1, -0.05) is 12.1 Å². The van der Waals surface area contributed by atoms with E-state index in [0.717, 1.165) is 45.1 Å². The van der Waals surface area contributed by atoms with Crippen molar-refractivity contribution >= 4 is 15.5 Å². The van der Waals surface area contributed by atoms with Crippen molar-refractivity contribution in [2.75, 3.05) is 50.8 Å². The van der Waals surface area contributed by atoms with Gasteiger partial charge in [-0.3, -0.25) is 4.90 Å². The van der Waals surface area contributed by atoms with Crippen molar-refractivity contribution < 1.29 is 13.2 Å². The molecule has 6 heteroatoms. The lowest BCUT2D eigenvalue weighted by molar-refractivity contribution is 0.0392. The lowest BCUT2D eigenvalue weighted by Crippen LogP contribution is -2.43. The van der Waals surface area contributed by atoms with Crippen LogP contribution in [0.25, 0.3) is 0 Å². The highest BCUT2D eigenvalue weighted by Crippen LogP contribution is 2.31. The van der Waals surface area contributed by atoms with Crippen LogP contribution in [-0.2, 0) is 14.6 Å². The van der Waals surface area contributed by atoms with Gasteiger partial charge in [0.1, 0.15) is 5.75 Å². The molecule has 0 amide bonds. The summed E-state index contributed by atoms with van der Waals surface area (Å²) in [6.45, 7) is 5.51. The molecule has 2 aliphatic rings. The minimum atomic E-state index is -3.34. The second-order valence-corrected chi connectivity index (χ2v) is 6.73. The van der Waals surface area contributed by atoms with Gasteiger partial charge in [-0.15, -0.1) is 0 Å². The minimum Gasteiger partial charge on any atom is -0.379 e. The summed E-state index contributed by atoms with van der Waals surface area (Å²) >= 11 is 0. The lowest BCUT2D eigenvalue weighted by Gasteiger charge is -2.33. The molecule has 2 aliphatic heterocycles. The Morgan fingerprint density at radius 3 is 2.70 bits per heavy atom. The third-order valence-corrected chi connectivity index (χ3v) is 5.16. The highest BCUT2D eigenvalue weighted by Gasteiger charge is 2.29. The van der Waals surface area contributed by atoms with Gasteiger partial charge < -0.3 is 9.64 Å². The van der Waals surface area contributed by atoms with Gasteiger partial charge in [0.15, 0.2) is 9.84 Å². The molecule has 0 unspecified atom stereocenters. The minimum absolute atomic E-state index is 0.337. The van der Waals surface area contributed by atoms with E-state index in [1.165, 1.54) is 0 Å². The molecule has 3 rings (SSSR count). The predicted octanol–water partition coefficient (Wildman–Crippen LogP) is 0.651. The van der Waals surface area contributed by atoms with Crippen molar-refractivity contribution in [3.8, 4) is 0 Å².